The average molecular weight is 510 g/mol. The summed E-state index contributed by atoms with van der Waals surface area (Å²) in [5.41, 5.74) is -0.818. The van der Waals surface area contributed by atoms with Crippen molar-refractivity contribution in [2.24, 2.45) is 17.3 Å². The molecule has 35 heavy (non-hydrogen) atoms. The lowest BCUT2D eigenvalue weighted by molar-refractivity contribution is -0.141. The van der Waals surface area contributed by atoms with Crippen LogP contribution >= 0.6 is 11.6 Å². The Morgan fingerprint density at radius 3 is 2.86 bits per heavy atom. The number of aliphatic hydroxyl groups is 1. The number of halogens is 2. The van der Waals surface area contributed by atoms with Crippen LogP contribution in [-0.4, -0.2) is 54.8 Å². The molecule has 2 amide bonds. The molecule has 2 aliphatic carbocycles. The largest absolute Gasteiger partial charge is 0.484 e. The number of rotatable bonds is 7. The first kappa shape index (κ1) is 26.2. The summed E-state index contributed by atoms with van der Waals surface area (Å²) >= 11 is 5.69. The standard InChI is InChI=1S/C26H37ClFN3O4/c1-16(18-5-3-11-29-14-18)30-25(34)26-9-2-4-17(8-10-26)22(13-23(26)32)31-24(33)15-35-19-6-7-20(27)21(28)12-19/h6-7,12,16-18,22-23,29,32H,2-5,8-11,13-15H2,1H3,(H,30,34)(H,31,33). The Bertz CT molecular complexity index is 913. The minimum absolute atomic E-state index is 0.0103. The van der Waals surface area contributed by atoms with Crippen LogP contribution in [0.3, 0.4) is 0 Å². The molecule has 3 aliphatic rings. The predicted molar refractivity (Wildman–Crippen MR) is 132 cm³/mol. The fourth-order valence-corrected chi connectivity index (χ4v) is 6.20. The zero-order valence-corrected chi connectivity index (χ0v) is 21.1. The van der Waals surface area contributed by atoms with E-state index in [1.54, 1.807) is 0 Å². The van der Waals surface area contributed by atoms with Crippen molar-refractivity contribution in [2.45, 2.75) is 76.5 Å². The van der Waals surface area contributed by atoms with E-state index in [0.717, 1.165) is 51.3 Å². The minimum Gasteiger partial charge on any atom is -0.484 e. The smallest absolute Gasteiger partial charge is 0.258 e. The third-order valence-electron chi connectivity index (χ3n) is 8.30. The lowest BCUT2D eigenvalue weighted by atomic mass is 9.73. The summed E-state index contributed by atoms with van der Waals surface area (Å²) in [6.45, 7) is 3.72. The van der Waals surface area contributed by atoms with Crippen molar-refractivity contribution in [3.63, 3.8) is 0 Å². The molecular formula is C26H37ClFN3O4. The summed E-state index contributed by atoms with van der Waals surface area (Å²) in [5.74, 6) is -0.186. The lowest BCUT2D eigenvalue weighted by Gasteiger charge is -2.39. The second-order valence-corrected chi connectivity index (χ2v) is 10.9. The second-order valence-electron chi connectivity index (χ2n) is 10.5. The Morgan fingerprint density at radius 2 is 2.11 bits per heavy atom. The van der Waals surface area contributed by atoms with Gasteiger partial charge in [-0.15, -0.1) is 0 Å². The van der Waals surface area contributed by atoms with Crippen LogP contribution in [0.15, 0.2) is 18.2 Å². The van der Waals surface area contributed by atoms with E-state index in [0.29, 0.717) is 25.2 Å². The highest BCUT2D eigenvalue weighted by molar-refractivity contribution is 6.30. The van der Waals surface area contributed by atoms with Crippen molar-refractivity contribution in [3.8, 4) is 5.75 Å². The van der Waals surface area contributed by atoms with E-state index in [9.17, 15) is 19.1 Å². The zero-order valence-electron chi connectivity index (χ0n) is 20.3. The van der Waals surface area contributed by atoms with E-state index in [1.807, 2.05) is 0 Å². The molecule has 0 spiro atoms. The summed E-state index contributed by atoms with van der Waals surface area (Å²) in [5, 5.41) is 20.9. The Labute approximate surface area is 211 Å². The number of fused-ring (bicyclic) bond motifs is 3. The van der Waals surface area contributed by atoms with Crippen molar-refractivity contribution >= 4 is 23.4 Å². The fourth-order valence-electron chi connectivity index (χ4n) is 6.08. The number of benzene rings is 1. The van der Waals surface area contributed by atoms with Gasteiger partial charge in [-0.3, -0.25) is 9.59 Å². The molecular weight excluding hydrogens is 473 g/mol. The van der Waals surface area contributed by atoms with Crippen molar-refractivity contribution in [3.05, 3.63) is 29.0 Å². The Hall–Kier alpha value is -1.90. The number of ether oxygens (including phenoxy) is 1. The van der Waals surface area contributed by atoms with Gasteiger partial charge in [-0.2, -0.15) is 0 Å². The minimum atomic E-state index is -0.832. The summed E-state index contributed by atoms with van der Waals surface area (Å²) in [6.07, 6.45) is 5.49. The van der Waals surface area contributed by atoms with Gasteiger partial charge >= 0.3 is 0 Å². The number of hydrogen-bond acceptors (Lipinski definition) is 5. The molecule has 6 atom stereocenters. The van der Waals surface area contributed by atoms with Crippen LogP contribution in [0.1, 0.15) is 58.3 Å². The van der Waals surface area contributed by atoms with Gasteiger partial charge in [-0.25, -0.2) is 4.39 Å². The van der Waals surface area contributed by atoms with Gasteiger partial charge in [-0.05, 0) is 88.9 Å². The van der Waals surface area contributed by atoms with E-state index < -0.39 is 17.3 Å². The van der Waals surface area contributed by atoms with Crippen LogP contribution in [-0.2, 0) is 9.59 Å². The van der Waals surface area contributed by atoms with Gasteiger partial charge < -0.3 is 25.8 Å². The first-order chi connectivity index (χ1) is 16.8. The van der Waals surface area contributed by atoms with Gasteiger partial charge in [0.05, 0.1) is 16.5 Å². The van der Waals surface area contributed by atoms with Gasteiger partial charge in [0.1, 0.15) is 11.6 Å². The summed E-state index contributed by atoms with van der Waals surface area (Å²) in [6, 6.07) is 3.84. The van der Waals surface area contributed by atoms with Crippen LogP contribution in [0.4, 0.5) is 4.39 Å². The third kappa shape index (κ3) is 6.09. The van der Waals surface area contributed by atoms with E-state index in [4.69, 9.17) is 16.3 Å². The van der Waals surface area contributed by atoms with E-state index >= 15 is 0 Å². The zero-order chi connectivity index (χ0) is 25.0. The monoisotopic (exact) mass is 509 g/mol. The molecule has 2 saturated carbocycles. The van der Waals surface area contributed by atoms with Gasteiger partial charge in [0.2, 0.25) is 5.91 Å². The number of hydrogen-bond donors (Lipinski definition) is 4. The number of aliphatic hydroxyl groups excluding tert-OH is 1. The molecule has 7 nitrogen and oxygen atoms in total. The molecule has 9 heteroatoms. The number of nitrogens with one attached hydrogen (secondary N) is 3. The fraction of sp³-hybridized carbons (Fsp3) is 0.692. The first-order valence-electron chi connectivity index (χ1n) is 12.9. The maximum Gasteiger partial charge on any atom is 0.258 e. The molecule has 1 heterocycles. The molecule has 194 valence electrons. The Morgan fingerprint density at radius 1 is 1.29 bits per heavy atom. The molecule has 2 bridgehead atoms. The third-order valence-corrected chi connectivity index (χ3v) is 8.61. The van der Waals surface area contributed by atoms with Crippen molar-refractivity contribution in [1.29, 1.82) is 0 Å². The summed E-state index contributed by atoms with van der Waals surface area (Å²) in [4.78, 5) is 26.2. The van der Waals surface area contributed by atoms with Crippen LogP contribution in [0.2, 0.25) is 5.02 Å². The van der Waals surface area contributed by atoms with Gasteiger partial charge in [0.15, 0.2) is 6.61 Å². The van der Waals surface area contributed by atoms with Crippen LogP contribution < -0.4 is 20.7 Å². The number of piperidine rings is 1. The van der Waals surface area contributed by atoms with Crippen LogP contribution in [0, 0.1) is 23.1 Å². The molecule has 0 aromatic heterocycles. The average Bonchev–Trinajstić information content (AvgIpc) is 3.15. The SMILES string of the molecule is CC(NC(=O)C12CCCC(CC1)C(NC(=O)COc1ccc(Cl)c(F)c1)CC2O)C1CCCNC1. The summed E-state index contributed by atoms with van der Waals surface area (Å²) in [7, 11) is 0. The van der Waals surface area contributed by atoms with Crippen molar-refractivity contribution in [2.75, 3.05) is 19.7 Å². The lowest BCUT2D eigenvalue weighted by Crippen LogP contribution is -2.54. The molecule has 1 aliphatic heterocycles. The van der Waals surface area contributed by atoms with Crippen molar-refractivity contribution in [1.82, 2.24) is 16.0 Å². The Balaban J connectivity index is 1.36. The number of amides is 2. The van der Waals surface area contributed by atoms with Gasteiger partial charge in [0, 0.05) is 18.2 Å². The topological polar surface area (TPSA) is 99.7 Å². The predicted octanol–water partition coefficient (Wildman–Crippen LogP) is 3.18. The van der Waals surface area contributed by atoms with Gasteiger partial charge in [-0.1, -0.05) is 18.0 Å². The maximum atomic E-state index is 13.6. The molecule has 1 aromatic rings. The summed E-state index contributed by atoms with van der Waals surface area (Å²) < 4.78 is 19.0. The molecule has 0 radical (unpaired) electrons. The second kappa shape index (κ2) is 11.4. The molecule has 1 saturated heterocycles. The van der Waals surface area contributed by atoms with Crippen molar-refractivity contribution < 1.29 is 23.8 Å². The first-order valence-corrected chi connectivity index (χ1v) is 13.2. The normalized spacial score (nSPS) is 31.7. The maximum absolute atomic E-state index is 13.6. The Kier molecular flexibility index (Phi) is 8.55. The van der Waals surface area contributed by atoms with Crippen LogP contribution in [0.25, 0.3) is 0 Å². The van der Waals surface area contributed by atoms with E-state index in [-0.39, 0.29) is 47.2 Å². The molecule has 4 rings (SSSR count). The number of carbonyl (C=O) groups excluding carboxylic acids is 2. The molecule has 1 aromatic carbocycles. The van der Waals surface area contributed by atoms with E-state index in [1.165, 1.54) is 12.1 Å². The van der Waals surface area contributed by atoms with E-state index in [2.05, 4.69) is 22.9 Å². The van der Waals surface area contributed by atoms with Crippen LogP contribution in [0.5, 0.6) is 5.75 Å². The highest BCUT2D eigenvalue weighted by Crippen LogP contribution is 2.46. The quantitative estimate of drug-likeness (QED) is 0.452. The van der Waals surface area contributed by atoms with Gasteiger partial charge in [0.25, 0.3) is 5.91 Å². The molecule has 3 fully saturated rings. The molecule has 6 unspecified atom stereocenters. The number of carbonyl (C=O) groups is 2. The molecule has 4 N–H and O–H groups in total. The highest BCUT2D eigenvalue weighted by Gasteiger charge is 2.50. The highest BCUT2D eigenvalue weighted by atomic mass is 35.5.